The third-order valence-corrected chi connectivity index (χ3v) is 5.35. The van der Waals surface area contributed by atoms with Gasteiger partial charge in [-0.3, -0.25) is 9.78 Å². The van der Waals surface area contributed by atoms with E-state index in [0.29, 0.717) is 5.56 Å². The Morgan fingerprint density at radius 2 is 1.89 bits per heavy atom. The molecule has 6 heteroatoms. The topological polar surface area (TPSA) is 75.1 Å². The first-order chi connectivity index (χ1) is 13.4. The van der Waals surface area contributed by atoms with Crippen LogP contribution in [0.2, 0.25) is 0 Å². The van der Waals surface area contributed by atoms with Gasteiger partial charge in [-0.05, 0) is 55.2 Å². The largest absolute Gasteiger partial charge is 0.394 e. The molecule has 146 valence electrons. The number of benzene rings is 1. The monoisotopic (exact) mass is 395 g/mol. The minimum atomic E-state index is -0.313. The van der Waals surface area contributed by atoms with Crippen LogP contribution in [0.4, 0.5) is 0 Å². The lowest BCUT2D eigenvalue weighted by atomic mass is 9.98. The van der Waals surface area contributed by atoms with Gasteiger partial charge in [-0.15, -0.1) is 11.3 Å². The molecule has 0 saturated carbocycles. The second kappa shape index (κ2) is 8.63. The zero-order valence-corrected chi connectivity index (χ0v) is 17.4. The Kier molecular flexibility index (Phi) is 6.21. The quantitative estimate of drug-likeness (QED) is 0.648. The molecule has 5 nitrogen and oxygen atoms in total. The lowest BCUT2D eigenvalue weighted by molar-refractivity contribution is 0.0922. The summed E-state index contributed by atoms with van der Waals surface area (Å²) in [5.41, 5.74) is 7.13. The van der Waals surface area contributed by atoms with Gasteiger partial charge in [0, 0.05) is 23.4 Å². The molecule has 0 aliphatic carbocycles. The van der Waals surface area contributed by atoms with Crippen LogP contribution in [-0.4, -0.2) is 33.6 Å². The van der Waals surface area contributed by atoms with Crippen molar-refractivity contribution < 1.29 is 9.90 Å². The van der Waals surface area contributed by atoms with Crippen LogP contribution < -0.4 is 5.32 Å². The SMILES string of the molecule is Cc1ccc(-c2cc(C(=O)NC(C)CO)cc(-c3scnc3C(C)C)c2)nc1. The van der Waals surface area contributed by atoms with Gasteiger partial charge in [-0.2, -0.15) is 0 Å². The van der Waals surface area contributed by atoms with Crippen LogP contribution in [0.5, 0.6) is 0 Å². The number of aromatic nitrogens is 2. The first-order valence-electron chi connectivity index (χ1n) is 9.32. The van der Waals surface area contributed by atoms with Crippen LogP contribution >= 0.6 is 11.3 Å². The molecule has 0 fully saturated rings. The van der Waals surface area contributed by atoms with Crippen molar-refractivity contribution >= 4 is 17.2 Å². The molecule has 0 radical (unpaired) electrons. The lowest BCUT2D eigenvalue weighted by Crippen LogP contribution is -2.35. The maximum absolute atomic E-state index is 12.7. The van der Waals surface area contributed by atoms with Crippen LogP contribution in [0.1, 0.15) is 48.3 Å². The van der Waals surface area contributed by atoms with E-state index in [2.05, 4.69) is 35.2 Å². The predicted octanol–water partition coefficient (Wildman–Crippen LogP) is 4.41. The van der Waals surface area contributed by atoms with E-state index in [-0.39, 0.29) is 24.5 Å². The molecule has 2 aromatic heterocycles. The molecule has 1 amide bonds. The number of carbonyl (C=O) groups excluding carboxylic acids is 1. The summed E-state index contributed by atoms with van der Waals surface area (Å²) in [7, 11) is 0. The fourth-order valence-corrected chi connectivity index (χ4v) is 3.85. The number of aliphatic hydroxyl groups is 1. The highest BCUT2D eigenvalue weighted by Gasteiger charge is 2.17. The standard InChI is InChI=1S/C22H25N3O2S/c1-13(2)20-21(28-12-24-20)17-7-16(19-6-5-14(3)10-23-19)8-18(9-17)22(27)25-15(4)11-26/h5-10,12-13,15,26H,11H2,1-4H3,(H,25,27). The summed E-state index contributed by atoms with van der Waals surface area (Å²) in [6, 6.07) is 9.44. The molecule has 0 aliphatic rings. The zero-order valence-electron chi connectivity index (χ0n) is 16.6. The van der Waals surface area contributed by atoms with Crippen LogP contribution in [0.25, 0.3) is 21.7 Å². The number of rotatable bonds is 6. The van der Waals surface area contributed by atoms with E-state index in [9.17, 15) is 9.90 Å². The minimum absolute atomic E-state index is 0.107. The number of aliphatic hydroxyl groups excluding tert-OH is 1. The van der Waals surface area contributed by atoms with Crippen molar-refractivity contribution in [2.24, 2.45) is 0 Å². The average Bonchev–Trinajstić information content (AvgIpc) is 3.18. The van der Waals surface area contributed by atoms with E-state index >= 15 is 0 Å². The molecule has 3 rings (SSSR count). The molecule has 1 atom stereocenters. The smallest absolute Gasteiger partial charge is 0.251 e. The maximum Gasteiger partial charge on any atom is 0.251 e. The van der Waals surface area contributed by atoms with Crippen molar-refractivity contribution in [1.82, 2.24) is 15.3 Å². The van der Waals surface area contributed by atoms with Crippen molar-refractivity contribution in [3.05, 3.63) is 58.9 Å². The summed E-state index contributed by atoms with van der Waals surface area (Å²) in [4.78, 5) is 22.8. The number of pyridine rings is 1. The number of aryl methyl sites for hydroxylation is 1. The van der Waals surface area contributed by atoms with Crippen molar-refractivity contribution in [2.45, 2.75) is 39.7 Å². The Hall–Kier alpha value is -2.57. The van der Waals surface area contributed by atoms with Gasteiger partial charge in [0.15, 0.2) is 0 Å². The van der Waals surface area contributed by atoms with Gasteiger partial charge >= 0.3 is 0 Å². The number of nitrogens with one attached hydrogen (secondary N) is 1. The summed E-state index contributed by atoms with van der Waals surface area (Å²) >= 11 is 1.57. The van der Waals surface area contributed by atoms with E-state index in [1.165, 1.54) is 0 Å². The molecule has 0 bridgehead atoms. The Labute approximate surface area is 169 Å². The molecule has 2 N–H and O–H groups in total. The van der Waals surface area contributed by atoms with Gasteiger partial charge < -0.3 is 10.4 Å². The van der Waals surface area contributed by atoms with E-state index in [1.807, 2.05) is 42.9 Å². The summed E-state index contributed by atoms with van der Waals surface area (Å²) in [5, 5.41) is 12.1. The van der Waals surface area contributed by atoms with Gasteiger partial charge in [0.1, 0.15) is 0 Å². The van der Waals surface area contributed by atoms with Gasteiger partial charge in [0.25, 0.3) is 5.91 Å². The summed E-state index contributed by atoms with van der Waals surface area (Å²) in [6.45, 7) is 7.88. The highest BCUT2D eigenvalue weighted by Crippen LogP contribution is 2.35. The minimum Gasteiger partial charge on any atom is -0.394 e. The molecule has 0 aliphatic heterocycles. The van der Waals surface area contributed by atoms with Gasteiger partial charge in [-0.1, -0.05) is 19.9 Å². The number of nitrogens with zero attached hydrogens (tertiary/aromatic N) is 2. The number of amides is 1. The Morgan fingerprint density at radius 3 is 2.54 bits per heavy atom. The van der Waals surface area contributed by atoms with Gasteiger partial charge in [0.2, 0.25) is 0 Å². The van der Waals surface area contributed by atoms with Crippen molar-refractivity contribution in [3.63, 3.8) is 0 Å². The Bertz CT molecular complexity index is 964. The normalized spacial score (nSPS) is 12.2. The third kappa shape index (κ3) is 4.46. The predicted molar refractivity (Wildman–Crippen MR) is 114 cm³/mol. The van der Waals surface area contributed by atoms with Crippen molar-refractivity contribution in [2.75, 3.05) is 6.61 Å². The van der Waals surface area contributed by atoms with Crippen molar-refractivity contribution in [3.8, 4) is 21.7 Å². The fraction of sp³-hybridized carbons (Fsp3) is 0.318. The summed E-state index contributed by atoms with van der Waals surface area (Å²) in [5.74, 6) is 0.0708. The lowest BCUT2D eigenvalue weighted by Gasteiger charge is -2.14. The van der Waals surface area contributed by atoms with Gasteiger partial charge in [-0.25, -0.2) is 4.98 Å². The molecule has 28 heavy (non-hydrogen) atoms. The molecule has 0 saturated heterocycles. The fourth-order valence-electron chi connectivity index (χ4n) is 2.91. The van der Waals surface area contributed by atoms with Crippen molar-refractivity contribution in [1.29, 1.82) is 0 Å². The Morgan fingerprint density at radius 1 is 1.14 bits per heavy atom. The summed E-state index contributed by atoms with van der Waals surface area (Å²) < 4.78 is 0. The maximum atomic E-state index is 12.7. The second-order valence-electron chi connectivity index (χ2n) is 7.30. The molecular weight excluding hydrogens is 370 g/mol. The molecular formula is C22H25N3O2S. The van der Waals surface area contributed by atoms with Crippen LogP contribution in [0, 0.1) is 6.92 Å². The van der Waals surface area contributed by atoms with Gasteiger partial charge in [0.05, 0.1) is 28.4 Å². The average molecular weight is 396 g/mol. The first kappa shape index (κ1) is 20.2. The molecule has 0 spiro atoms. The van der Waals surface area contributed by atoms with E-state index in [1.54, 1.807) is 18.3 Å². The molecule has 3 aromatic rings. The van der Waals surface area contributed by atoms with Crippen LogP contribution in [0.3, 0.4) is 0 Å². The summed E-state index contributed by atoms with van der Waals surface area (Å²) in [6.07, 6.45) is 1.82. The Balaban J connectivity index is 2.12. The highest BCUT2D eigenvalue weighted by molar-refractivity contribution is 7.13. The number of hydrogen-bond acceptors (Lipinski definition) is 5. The highest BCUT2D eigenvalue weighted by atomic mass is 32.1. The molecule has 1 aromatic carbocycles. The third-order valence-electron chi connectivity index (χ3n) is 4.46. The van der Waals surface area contributed by atoms with E-state index in [4.69, 9.17) is 0 Å². The number of carbonyl (C=O) groups is 1. The van der Waals surface area contributed by atoms with E-state index in [0.717, 1.165) is 33.0 Å². The number of hydrogen-bond donors (Lipinski definition) is 2. The molecule has 1 unspecified atom stereocenters. The number of thiazole rings is 1. The van der Waals surface area contributed by atoms with Crippen LogP contribution in [-0.2, 0) is 0 Å². The first-order valence-corrected chi connectivity index (χ1v) is 10.2. The zero-order chi connectivity index (χ0) is 20.3. The molecule has 2 heterocycles. The van der Waals surface area contributed by atoms with Crippen LogP contribution in [0.15, 0.2) is 42.0 Å². The van der Waals surface area contributed by atoms with E-state index < -0.39 is 0 Å². The second-order valence-corrected chi connectivity index (χ2v) is 8.15.